The fourth-order valence-electron chi connectivity index (χ4n) is 1.16. The highest BCUT2D eigenvalue weighted by atomic mass is 79.9. The van der Waals surface area contributed by atoms with Crippen LogP contribution in [0.5, 0.6) is 5.75 Å². The molecule has 1 rings (SSSR count). The lowest BCUT2D eigenvalue weighted by molar-refractivity contribution is 0.394. The molecular weight excluding hydrogens is 232 g/mol. The minimum atomic E-state index is 0.00905. The molecule has 0 N–H and O–H groups in total. The van der Waals surface area contributed by atoms with Gasteiger partial charge in [0.25, 0.3) is 0 Å². The first-order valence-corrected chi connectivity index (χ1v) is 4.94. The summed E-state index contributed by atoms with van der Waals surface area (Å²) < 4.78 is 7.96. The van der Waals surface area contributed by atoms with E-state index in [1.807, 2.05) is 7.05 Å². The van der Waals surface area contributed by atoms with Crippen molar-refractivity contribution >= 4 is 15.9 Å². The van der Waals surface area contributed by atoms with E-state index in [0.717, 1.165) is 16.0 Å². The topological polar surface area (TPSA) is 27.1 Å². The van der Waals surface area contributed by atoms with E-state index in [9.17, 15) is 0 Å². The van der Waals surface area contributed by atoms with Gasteiger partial charge in [-0.05, 0) is 15.9 Å². The highest BCUT2D eigenvalue weighted by Gasteiger charge is 2.25. The van der Waals surface area contributed by atoms with Crippen LogP contribution in [0.2, 0.25) is 0 Å². The molecule has 1 aromatic heterocycles. The van der Waals surface area contributed by atoms with Gasteiger partial charge in [0.15, 0.2) is 5.75 Å². The quantitative estimate of drug-likeness (QED) is 0.762. The number of nitrogens with zero attached hydrogens (tertiary/aromatic N) is 2. The van der Waals surface area contributed by atoms with E-state index in [2.05, 4.69) is 41.8 Å². The maximum Gasteiger partial charge on any atom is 0.174 e. The van der Waals surface area contributed by atoms with Gasteiger partial charge in [-0.1, -0.05) is 20.8 Å². The minimum Gasteiger partial charge on any atom is -0.492 e. The smallest absolute Gasteiger partial charge is 0.174 e. The molecule has 4 heteroatoms. The zero-order valence-corrected chi connectivity index (χ0v) is 10.3. The lowest BCUT2D eigenvalue weighted by Gasteiger charge is -2.16. The van der Waals surface area contributed by atoms with Crippen LogP contribution in [0, 0.1) is 0 Å². The molecule has 0 spiro atoms. The van der Waals surface area contributed by atoms with E-state index < -0.39 is 0 Å². The molecule has 0 bridgehead atoms. The molecule has 0 fully saturated rings. The summed E-state index contributed by atoms with van der Waals surface area (Å²) in [6.45, 7) is 6.35. The van der Waals surface area contributed by atoms with Crippen molar-refractivity contribution in [3.8, 4) is 5.75 Å². The van der Waals surface area contributed by atoms with Gasteiger partial charge in [-0.2, -0.15) is 5.10 Å². The minimum absolute atomic E-state index is 0.00905. The van der Waals surface area contributed by atoms with Gasteiger partial charge < -0.3 is 4.74 Å². The predicted molar refractivity (Wildman–Crippen MR) is 56.2 cm³/mol. The van der Waals surface area contributed by atoms with Gasteiger partial charge in [-0.25, -0.2) is 0 Å². The van der Waals surface area contributed by atoms with Gasteiger partial charge in [0.2, 0.25) is 0 Å². The number of hydrogen-bond donors (Lipinski definition) is 0. The fraction of sp³-hybridized carbons (Fsp3) is 0.667. The normalized spacial score (nSPS) is 11.8. The number of methoxy groups -OCH3 is 1. The molecule has 0 radical (unpaired) electrons. The molecule has 1 heterocycles. The zero-order chi connectivity index (χ0) is 10.2. The van der Waals surface area contributed by atoms with Crippen molar-refractivity contribution in [2.75, 3.05) is 7.11 Å². The molecule has 0 saturated carbocycles. The highest BCUT2D eigenvalue weighted by Crippen LogP contribution is 2.35. The van der Waals surface area contributed by atoms with Crippen molar-refractivity contribution in [1.82, 2.24) is 9.78 Å². The lowest BCUT2D eigenvalue weighted by Crippen LogP contribution is -2.13. The van der Waals surface area contributed by atoms with Crippen LogP contribution in [0.4, 0.5) is 0 Å². The summed E-state index contributed by atoms with van der Waals surface area (Å²) in [6.07, 6.45) is 0. The lowest BCUT2D eigenvalue weighted by atomic mass is 9.92. The first kappa shape index (κ1) is 10.6. The van der Waals surface area contributed by atoms with Gasteiger partial charge >= 0.3 is 0 Å². The second-order valence-corrected chi connectivity index (χ2v) is 4.80. The Morgan fingerprint density at radius 2 is 1.92 bits per heavy atom. The molecule has 74 valence electrons. The molecule has 0 saturated heterocycles. The Kier molecular flexibility index (Phi) is 2.71. The van der Waals surface area contributed by atoms with E-state index >= 15 is 0 Å². The van der Waals surface area contributed by atoms with Crippen molar-refractivity contribution in [2.45, 2.75) is 26.2 Å². The van der Waals surface area contributed by atoms with Crippen molar-refractivity contribution in [3.05, 3.63) is 10.3 Å². The third kappa shape index (κ3) is 1.88. The van der Waals surface area contributed by atoms with E-state index in [4.69, 9.17) is 4.74 Å². The van der Waals surface area contributed by atoms with Crippen LogP contribution >= 0.6 is 15.9 Å². The maximum atomic E-state index is 5.29. The summed E-state index contributed by atoms with van der Waals surface area (Å²) in [7, 11) is 3.55. The fourth-order valence-corrected chi connectivity index (χ4v) is 1.58. The summed E-state index contributed by atoms with van der Waals surface area (Å²) >= 11 is 3.43. The van der Waals surface area contributed by atoms with Crippen LogP contribution in [-0.2, 0) is 12.5 Å². The number of halogens is 1. The van der Waals surface area contributed by atoms with Gasteiger partial charge in [0, 0.05) is 12.5 Å². The van der Waals surface area contributed by atoms with Crippen LogP contribution < -0.4 is 4.74 Å². The molecule has 0 aliphatic carbocycles. The molecule has 1 aromatic rings. The Bertz CT molecular complexity index is 312. The molecule has 0 aliphatic rings. The standard InChI is InChI=1S/C9H15BrN2O/c1-9(2,3)7-6(13-5)8(10)12(4)11-7/h1-5H3. The van der Waals surface area contributed by atoms with Crippen molar-refractivity contribution in [2.24, 2.45) is 7.05 Å². The van der Waals surface area contributed by atoms with Gasteiger partial charge in [0.1, 0.15) is 10.3 Å². The van der Waals surface area contributed by atoms with Gasteiger partial charge in [0.05, 0.1) is 7.11 Å². The Balaban J connectivity index is 3.30. The molecular formula is C9H15BrN2O. The molecule has 0 amide bonds. The Morgan fingerprint density at radius 3 is 2.23 bits per heavy atom. The third-order valence-electron chi connectivity index (χ3n) is 1.85. The van der Waals surface area contributed by atoms with Crippen LogP contribution in [0.1, 0.15) is 26.5 Å². The Labute approximate surface area is 87.2 Å². The summed E-state index contributed by atoms with van der Waals surface area (Å²) in [5, 5.41) is 4.40. The van der Waals surface area contributed by atoms with E-state index in [1.165, 1.54) is 0 Å². The molecule has 0 unspecified atom stereocenters. The number of aryl methyl sites for hydroxylation is 1. The third-order valence-corrected chi connectivity index (χ3v) is 2.72. The van der Waals surface area contributed by atoms with Crippen molar-refractivity contribution in [1.29, 1.82) is 0 Å². The summed E-state index contributed by atoms with van der Waals surface area (Å²) in [5.74, 6) is 0.829. The number of hydrogen-bond acceptors (Lipinski definition) is 2. The molecule has 0 aliphatic heterocycles. The molecule has 0 aromatic carbocycles. The van der Waals surface area contributed by atoms with Gasteiger partial charge in [-0.3, -0.25) is 4.68 Å². The SMILES string of the molecule is COc1c(C(C)(C)C)nn(C)c1Br. The maximum absolute atomic E-state index is 5.29. The predicted octanol–water partition coefficient (Wildman–Crippen LogP) is 2.49. The second-order valence-electron chi connectivity index (χ2n) is 4.05. The van der Waals surface area contributed by atoms with Crippen LogP contribution in [0.3, 0.4) is 0 Å². The molecule has 3 nitrogen and oxygen atoms in total. The summed E-state index contributed by atoms with van der Waals surface area (Å²) in [5.41, 5.74) is 0.985. The Hall–Kier alpha value is -0.510. The average molecular weight is 247 g/mol. The molecule has 13 heavy (non-hydrogen) atoms. The van der Waals surface area contributed by atoms with E-state index in [0.29, 0.717) is 0 Å². The molecule has 0 atom stereocenters. The highest BCUT2D eigenvalue weighted by molar-refractivity contribution is 9.10. The number of aromatic nitrogens is 2. The van der Waals surface area contributed by atoms with Crippen LogP contribution in [0.25, 0.3) is 0 Å². The van der Waals surface area contributed by atoms with Crippen molar-refractivity contribution in [3.63, 3.8) is 0 Å². The average Bonchev–Trinajstić information content (AvgIpc) is 2.28. The monoisotopic (exact) mass is 246 g/mol. The van der Waals surface area contributed by atoms with Crippen molar-refractivity contribution < 1.29 is 4.74 Å². The summed E-state index contributed by atoms with van der Waals surface area (Å²) in [4.78, 5) is 0. The first-order valence-electron chi connectivity index (χ1n) is 4.15. The first-order chi connectivity index (χ1) is 5.88. The summed E-state index contributed by atoms with van der Waals surface area (Å²) in [6, 6.07) is 0. The van der Waals surface area contributed by atoms with Gasteiger partial charge in [-0.15, -0.1) is 0 Å². The van der Waals surface area contributed by atoms with E-state index in [-0.39, 0.29) is 5.41 Å². The second kappa shape index (κ2) is 3.33. The van der Waals surface area contributed by atoms with Crippen LogP contribution in [-0.4, -0.2) is 16.9 Å². The largest absolute Gasteiger partial charge is 0.492 e. The Morgan fingerprint density at radius 1 is 1.38 bits per heavy atom. The van der Waals surface area contributed by atoms with Crippen LogP contribution in [0.15, 0.2) is 4.60 Å². The zero-order valence-electron chi connectivity index (χ0n) is 8.68. The van der Waals surface area contributed by atoms with E-state index in [1.54, 1.807) is 11.8 Å². The number of ether oxygens (including phenoxy) is 1. The number of rotatable bonds is 1.